The van der Waals surface area contributed by atoms with Gasteiger partial charge in [-0.15, -0.1) is 0 Å². The largest absolute Gasteiger partial charge is 0.391 e. The molecule has 2 rings (SSSR count). The number of hydrogen-bond acceptors (Lipinski definition) is 3. The molecule has 1 aromatic heterocycles. The molecule has 0 spiro atoms. The van der Waals surface area contributed by atoms with Crippen LogP contribution in [-0.4, -0.2) is 33.4 Å². The average molecular weight is 195 g/mol. The maximum absolute atomic E-state index is 11.5. The molecule has 1 aliphatic rings. The lowest BCUT2D eigenvalue weighted by Gasteiger charge is -2.27. The number of carbonyl (C=O) groups excluding carboxylic acids is 1. The Labute approximate surface area is 81.7 Å². The lowest BCUT2D eigenvalue weighted by molar-refractivity contribution is 0.0803. The number of nitrogens with zero attached hydrogens (tertiary/aromatic N) is 2. The van der Waals surface area contributed by atoms with Crippen LogP contribution in [0.3, 0.4) is 0 Å². The summed E-state index contributed by atoms with van der Waals surface area (Å²) in [6.45, 7) is 3.97. The fraction of sp³-hybridized carbons (Fsp3) is 0.556. The number of amides is 1. The number of aromatic nitrogens is 2. The van der Waals surface area contributed by atoms with Gasteiger partial charge >= 0.3 is 0 Å². The molecule has 5 nitrogen and oxygen atoms in total. The predicted molar refractivity (Wildman–Crippen MR) is 50.0 cm³/mol. The summed E-state index contributed by atoms with van der Waals surface area (Å²) in [6.07, 6.45) is 1.13. The maximum Gasteiger partial charge on any atom is 0.269 e. The van der Waals surface area contributed by atoms with Crippen molar-refractivity contribution in [2.24, 2.45) is 0 Å². The molecule has 0 aromatic carbocycles. The van der Waals surface area contributed by atoms with Crippen LogP contribution in [0.15, 0.2) is 6.20 Å². The van der Waals surface area contributed by atoms with Crippen molar-refractivity contribution >= 4 is 5.91 Å². The molecule has 0 fully saturated rings. The molecule has 5 heteroatoms. The third kappa shape index (κ3) is 1.21. The van der Waals surface area contributed by atoms with E-state index in [4.69, 9.17) is 0 Å². The third-order valence-corrected chi connectivity index (χ3v) is 2.54. The van der Waals surface area contributed by atoms with Gasteiger partial charge in [0, 0.05) is 12.1 Å². The van der Waals surface area contributed by atoms with Gasteiger partial charge in [0.25, 0.3) is 5.91 Å². The van der Waals surface area contributed by atoms with Gasteiger partial charge in [-0.2, -0.15) is 5.10 Å². The zero-order valence-corrected chi connectivity index (χ0v) is 8.19. The molecule has 0 saturated carbocycles. The lowest BCUT2D eigenvalue weighted by Crippen LogP contribution is -2.43. The molecule has 1 amide bonds. The van der Waals surface area contributed by atoms with E-state index in [0.29, 0.717) is 12.2 Å². The highest BCUT2D eigenvalue weighted by molar-refractivity contribution is 5.94. The number of aryl methyl sites for hydroxylation is 1. The van der Waals surface area contributed by atoms with Crippen molar-refractivity contribution in [3.05, 3.63) is 17.5 Å². The standard InChI is InChI=1S/C9H13N3O2/c1-5-3-11-12-7(6(2)13)4-10-9(14)8(5)12/h3,6-7,13H,4H2,1-2H3,(H,10,14). The first-order valence-corrected chi connectivity index (χ1v) is 4.61. The molecule has 2 N–H and O–H groups in total. The Bertz CT molecular complexity index is 370. The fourth-order valence-electron chi connectivity index (χ4n) is 1.73. The molecule has 1 aliphatic heterocycles. The van der Waals surface area contributed by atoms with Crippen molar-refractivity contribution < 1.29 is 9.90 Å². The summed E-state index contributed by atoms with van der Waals surface area (Å²) >= 11 is 0. The van der Waals surface area contributed by atoms with Crippen LogP contribution in [0.2, 0.25) is 0 Å². The van der Waals surface area contributed by atoms with Gasteiger partial charge < -0.3 is 10.4 Å². The van der Waals surface area contributed by atoms with Crippen LogP contribution in [0.25, 0.3) is 0 Å². The molecular weight excluding hydrogens is 182 g/mol. The van der Waals surface area contributed by atoms with E-state index in [1.54, 1.807) is 17.8 Å². The van der Waals surface area contributed by atoms with Crippen LogP contribution in [-0.2, 0) is 0 Å². The molecule has 2 atom stereocenters. The number of aliphatic hydroxyl groups is 1. The Morgan fingerprint density at radius 1 is 1.79 bits per heavy atom. The smallest absolute Gasteiger partial charge is 0.269 e. The Morgan fingerprint density at radius 2 is 2.50 bits per heavy atom. The Hall–Kier alpha value is -1.36. The first kappa shape index (κ1) is 9.21. The molecule has 76 valence electrons. The van der Waals surface area contributed by atoms with Gasteiger partial charge in [0.15, 0.2) is 0 Å². The number of fused-ring (bicyclic) bond motifs is 1. The van der Waals surface area contributed by atoms with Crippen LogP contribution in [0, 0.1) is 6.92 Å². The van der Waals surface area contributed by atoms with E-state index < -0.39 is 6.10 Å². The highest BCUT2D eigenvalue weighted by atomic mass is 16.3. The first-order chi connectivity index (χ1) is 6.61. The van der Waals surface area contributed by atoms with Crippen molar-refractivity contribution in [1.82, 2.24) is 15.1 Å². The Balaban J connectivity index is 2.48. The Kier molecular flexibility index (Phi) is 2.03. The fourth-order valence-corrected chi connectivity index (χ4v) is 1.73. The van der Waals surface area contributed by atoms with Gasteiger partial charge in [0.1, 0.15) is 5.69 Å². The van der Waals surface area contributed by atoms with Gasteiger partial charge in [0.05, 0.1) is 18.3 Å². The second kappa shape index (κ2) is 3.09. The number of hydrogen-bond donors (Lipinski definition) is 2. The molecule has 0 saturated heterocycles. The van der Waals surface area contributed by atoms with Crippen LogP contribution in [0.1, 0.15) is 29.0 Å². The summed E-state index contributed by atoms with van der Waals surface area (Å²) in [4.78, 5) is 11.5. The van der Waals surface area contributed by atoms with Gasteiger partial charge in [-0.3, -0.25) is 9.48 Å². The second-order valence-electron chi connectivity index (χ2n) is 3.64. The number of rotatable bonds is 1. The van der Waals surface area contributed by atoms with Gasteiger partial charge in [-0.05, 0) is 13.8 Å². The third-order valence-electron chi connectivity index (χ3n) is 2.54. The van der Waals surface area contributed by atoms with Gasteiger partial charge in [0.2, 0.25) is 0 Å². The normalized spacial score (nSPS) is 22.8. The van der Waals surface area contributed by atoms with Gasteiger partial charge in [-0.1, -0.05) is 0 Å². The van der Waals surface area contributed by atoms with E-state index in [-0.39, 0.29) is 11.9 Å². The minimum Gasteiger partial charge on any atom is -0.391 e. The van der Waals surface area contributed by atoms with Crippen LogP contribution in [0.5, 0.6) is 0 Å². The summed E-state index contributed by atoms with van der Waals surface area (Å²) in [5.74, 6) is -0.114. The lowest BCUT2D eigenvalue weighted by atomic mass is 10.1. The zero-order valence-electron chi connectivity index (χ0n) is 8.19. The van der Waals surface area contributed by atoms with Crippen molar-refractivity contribution in [2.75, 3.05) is 6.54 Å². The predicted octanol–water partition coefficient (Wildman–Crippen LogP) is -0.143. The molecular formula is C9H13N3O2. The summed E-state index contributed by atoms with van der Waals surface area (Å²) in [5.41, 5.74) is 1.40. The van der Waals surface area contributed by atoms with E-state index in [2.05, 4.69) is 10.4 Å². The molecule has 0 bridgehead atoms. The maximum atomic E-state index is 11.5. The monoisotopic (exact) mass is 195 g/mol. The summed E-state index contributed by atoms with van der Waals surface area (Å²) in [6, 6.07) is -0.156. The van der Waals surface area contributed by atoms with E-state index in [1.807, 2.05) is 6.92 Å². The molecule has 0 aliphatic carbocycles. The minimum absolute atomic E-state index is 0.114. The number of carbonyl (C=O) groups is 1. The van der Waals surface area contributed by atoms with E-state index in [1.165, 1.54) is 0 Å². The van der Waals surface area contributed by atoms with Crippen LogP contribution in [0.4, 0.5) is 0 Å². The van der Waals surface area contributed by atoms with Crippen LogP contribution < -0.4 is 5.32 Å². The minimum atomic E-state index is -0.520. The molecule has 2 unspecified atom stereocenters. The summed E-state index contributed by atoms with van der Waals surface area (Å²) in [7, 11) is 0. The first-order valence-electron chi connectivity index (χ1n) is 4.61. The SMILES string of the molecule is Cc1cnn2c1C(=O)NCC2C(C)O. The zero-order chi connectivity index (χ0) is 10.3. The molecule has 2 heterocycles. The van der Waals surface area contributed by atoms with Crippen molar-refractivity contribution in [2.45, 2.75) is 26.0 Å². The molecule has 14 heavy (non-hydrogen) atoms. The molecule has 0 radical (unpaired) electrons. The summed E-state index contributed by atoms with van der Waals surface area (Å²) in [5, 5.41) is 16.3. The highest BCUT2D eigenvalue weighted by Crippen LogP contribution is 2.20. The topological polar surface area (TPSA) is 67.2 Å². The van der Waals surface area contributed by atoms with Crippen LogP contribution >= 0.6 is 0 Å². The van der Waals surface area contributed by atoms with E-state index in [0.717, 1.165) is 5.56 Å². The number of aliphatic hydroxyl groups excluding tert-OH is 1. The quantitative estimate of drug-likeness (QED) is 0.655. The summed E-state index contributed by atoms with van der Waals surface area (Å²) < 4.78 is 1.61. The van der Waals surface area contributed by atoms with E-state index >= 15 is 0 Å². The number of nitrogens with one attached hydrogen (secondary N) is 1. The van der Waals surface area contributed by atoms with E-state index in [9.17, 15) is 9.90 Å². The average Bonchev–Trinajstić information content (AvgIpc) is 2.49. The van der Waals surface area contributed by atoms with Gasteiger partial charge in [-0.25, -0.2) is 0 Å². The van der Waals surface area contributed by atoms with Crippen molar-refractivity contribution in [1.29, 1.82) is 0 Å². The second-order valence-corrected chi connectivity index (χ2v) is 3.64. The molecule has 1 aromatic rings. The van der Waals surface area contributed by atoms with Crippen molar-refractivity contribution in [3.8, 4) is 0 Å². The van der Waals surface area contributed by atoms with Crippen molar-refractivity contribution in [3.63, 3.8) is 0 Å². The Morgan fingerprint density at radius 3 is 3.14 bits per heavy atom. The highest BCUT2D eigenvalue weighted by Gasteiger charge is 2.29.